The summed E-state index contributed by atoms with van der Waals surface area (Å²) in [7, 11) is 0. The minimum Gasteiger partial charge on any atom is -0.321 e. The Morgan fingerprint density at radius 1 is 0.732 bits per heavy atom. The van der Waals surface area contributed by atoms with Gasteiger partial charge in [0.25, 0.3) is 11.8 Å². The van der Waals surface area contributed by atoms with E-state index in [-0.39, 0.29) is 23.1 Å². The van der Waals surface area contributed by atoms with Gasteiger partial charge in [-0.25, -0.2) is 0 Å². The van der Waals surface area contributed by atoms with E-state index in [1.54, 1.807) is 36.4 Å². The first-order chi connectivity index (χ1) is 20.0. The largest absolute Gasteiger partial charge is 0.321 e. The lowest BCUT2D eigenvalue weighted by Gasteiger charge is -2.12. The molecule has 0 saturated carbocycles. The Morgan fingerprint density at radius 2 is 1.44 bits per heavy atom. The summed E-state index contributed by atoms with van der Waals surface area (Å²) < 4.78 is 0. The van der Waals surface area contributed by atoms with E-state index in [1.807, 2.05) is 95.7 Å². The fourth-order valence-electron chi connectivity index (χ4n) is 4.04. The molecule has 4 aromatic carbocycles. The zero-order valence-corrected chi connectivity index (χ0v) is 23.6. The van der Waals surface area contributed by atoms with E-state index >= 15 is 0 Å². The number of Topliss-reactive ketones (excluding diaryl/α,β-unsaturated/α-hetero) is 1. The van der Waals surface area contributed by atoms with E-state index in [0.717, 1.165) is 21.6 Å². The topological polar surface area (TPSA) is 75.3 Å². The normalized spacial score (nSPS) is 11.1. The molecule has 0 aliphatic carbocycles. The summed E-state index contributed by atoms with van der Waals surface area (Å²) in [5, 5.41) is 9.42. The van der Waals surface area contributed by atoms with Crippen molar-refractivity contribution >= 4 is 52.5 Å². The molecule has 202 valence electrons. The average molecular weight is 575 g/mol. The molecule has 0 aliphatic heterocycles. The highest BCUT2D eigenvalue weighted by molar-refractivity contribution is 8.00. The Kier molecular flexibility index (Phi) is 9.21. The number of carbonyl (C=O) groups excluding carboxylic acids is 3. The van der Waals surface area contributed by atoms with Crippen LogP contribution in [0.15, 0.2) is 137 Å². The molecule has 1 aromatic heterocycles. The van der Waals surface area contributed by atoms with Gasteiger partial charge in [-0.3, -0.25) is 14.4 Å². The highest BCUT2D eigenvalue weighted by Gasteiger charge is 2.16. The van der Waals surface area contributed by atoms with Crippen molar-refractivity contribution in [2.45, 2.75) is 4.90 Å². The average Bonchev–Trinajstić information content (AvgIpc) is 3.54. The summed E-state index contributed by atoms with van der Waals surface area (Å²) in [6.07, 6.45) is 1.65. The number of hydrogen-bond acceptors (Lipinski definition) is 5. The SMILES string of the molecule is O=C(Nc1cccc(SCC(=O)c2ccc(-c3ccccc3)cc2)c1)/C(=C/c1ccsc1)NC(=O)c1ccccc1. The van der Waals surface area contributed by atoms with Crippen molar-refractivity contribution < 1.29 is 14.4 Å². The van der Waals surface area contributed by atoms with Crippen molar-refractivity contribution in [1.82, 2.24) is 5.32 Å². The standard InChI is InChI=1S/C34H26N2O3S2/c37-32(27-16-14-26(15-17-27)25-8-3-1-4-9-25)23-41-30-13-7-12-29(21-30)35-34(39)31(20-24-18-19-40-22-24)36-33(38)28-10-5-2-6-11-28/h1-22H,23H2,(H,35,39)(H,36,38)/b31-20-. The number of benzene rings is 4. The number of ketones is 1. The zero-order chi connectivity index (χ0) is 28.4. The Balaban J connectivity index is 1.23. The third-order valence-electron chi connectivity index (χ3n) is 6.16. The molecule has 41 heavy (non-hydrogen) atoms. The van der Waals surface area contributed by atoms with Gasteiger partial charge in [-0.1, -0.05) is 78.9 Å². The van der Waals surface area contributed by atoms with Crippen LogP contribution in [0.1, 0.15) is 26.3 Å². The second kappa shape index (κ2) is 13.6. The highest BCUT2D eigenvalue weighted by atomic mass is 32.2. The van der Waals surface area contributed by atoms with E-state index in [1.165, 1.54) is 23.1 Å². The quantitative estimate of drug-likeness (QED) is 0.101. The van der Waals surface area contributed by atoms with Crippen molar-refractivity contribution in [2.75, 3.05) is 11.1 Å². The molecule has 0 atom stereocenters. The van der Waals surface area contributed by atoms with Crippen LogP contribution in [0.25, 0.3) is 17.2 Å². The number of rotatable bonds is 10. The molecule has 2 N–H and O–H groups in total. The van der Waals surface area contributed by atoms with Gasteiger partial charge in [-0.2, -0.15) is 11.3 Å². The van der Waals surface area contributed by atoms with Gasteiger partial charge in [-0.15, -0.1) is 11.8 Å². The third kappa shape index (κ3) is 7.69. The van der Waals surface area contributed by atoms with Crippen LogP contribution in [-0.2, 0) is 4.79 Å². The van der Waals surface area contributed by atoms with E-state index in [0.29, 0.717) is 16.8 Å². The number of nitrogens with one attached hydrogen (secondary N) is 2. The van der Waals surface area contributed by atoms with Crippen LogP contribution in [0.3, 0.4) is 0 Å². The lowest BCUT2D eigenvalue weighted by Crippen LogP contribution is -2.30. The summed E-state index contributed by atoms with van der Waals surface area (Å²) in [6.45, 7) is 0. The summed E-state index contributed by atoms with van der Waals surface area (Å²) in [5.74, 6) is -0.536. The molecule has 5 nitrogen and oxygen atoms in total. The molecule has 0 fully saturated rings. The van der Waals surface area contributed by atoms with Crippen molar-refractivity contribution in [3.8, 4) is 11.1 Å². The van der Waals surface area contributed by atoms with E-state index < -0.39 is 5.91 Å². The molecule has 2 amide bonds. The van der Waals surface area contributed by atoms with E-state index in [4.69, 9.17) is 0 Å². The first-order valence-corrected chi connectivity index (χ1v) is 14.8. The molecule has 7 heteroatoms. The van der Waals surface area contributed by atoms with Crippen molar-refractivity contribution in [3.63, 3.8) is 0 Å². The Labute approximate surface area is 247 Å². The molecule has 0 saturated heterocycles. The van der Waals surface area contributed by atoms with Crippen LogP contribution in [0.5, 0.6) is 0 Å². The Hall–Kier alpha value is -4.72. The molecule has 0 unspecified atom stereocenters. The predicted molar refractivity (Wildman–Crippen MR) is 168 cm³/mol. The fourth-order valence-corrected chi connectivity index (χ4v) is 5.51. The maximum Gasteiger partial charge on any atom is 0.272 e. The molecule has 0 bridgehead atoms. The van der Waals surface area contributed by atoms with Gasteiger partial charge >= 0.3 is 0 Å². The van der Waals surface area contributed by atoms with Gasteiger partial charge < -0.3 is 10.6 Å². The Morgan fingerprint density at radius 3 is 2.15 bits per heavy atom. The van der Waals surface area contributed by atoms with Crippen molar-refractivity contribution in [3.05, 3.63) is 148 Å². The molecular formula is C34H26N2O3S2. The van der Waals surface area contributed by atoms with E-state index in [9.17, 15) is 14.4 Å². The lowest BCUT2D eigenvalue weighted by molar-refractivity contribution is -0.113. The van der Waals surface area contributed by atoms with Gasteiger partial charge in [-0.05, 0) is 69.9 Å². The molecule has 1 heterocycles. The number of anilines is 1. The molecule has 0 radical (unpaired) electrons. The number of hydrogen-bond donors (Lipinski definition) is 2. The van der Waals surface area contributed by atoms with Crippen LogP contribution in [0.4, 0.5) is 5.69 Å². The van der Waals surface area contributed by atoms with Crippen LogP contribution >= 0.6 is 23.1 Å². The molecule has 5 rings (SSSR count). The number of amides is 2. The van der Waals surface area contributed by atoms with Crippen LogP contribution in [-0.4, -0.2) is 23.4 Å². The summed E-state index contributed by atoms with van der Waals surface area (Å²) in [4.78, 5) is 39.7. The summed E-state index contributed by atoms with van der Waals surface area (Å²) >= 11 is 2.90. The van der Waals surface area contributed by atoms with Gasteiger partial charge in [0.05, 0.1) is 5.75 Å². The van der Waals surface area contributed by atoms with E-state index in [2.05, 4.69) is 10.6 Å². The molecule has 5 aromatic rings. The zero-order valence-electron chi connectivity index (χ0n) is 22.0. The summed E-state index contributed by atoms with van der Waals surface area (Å²) in [5.41, 5.74) is 4.77. The fraction of sp³-hybridized carbons (Fsp3) is 0.0294. The van der Waals surface area contributed by atoms with Crippen LogP contribution < -0.4 is 10.6 Å². The number of thioether (sulfide) groups is 1. The van der Waals surface area contributed by atoms with Crippen molar-refractivity contribution in [2.24, 2.45) is 0 Å². The smallest absolute Gasteiger partial charge is 0.272 e. The summed E-state index contributed by atoms with van der Waals surface area (Å²) in [6, 6.07) is 35.6. The van der Waals surface area contributed by atoms with Gasteiger partial charge in [0.1, 0.15) is 5.70 Å². The van der Waals surface area contributed by atoms with Gasteiger partial charge in [0.2, 0.25) is 0 Å². The van der Waals surface area contributed by atoms with Gasteiger partial charge in [0.15, 0.2) is 5.78 Å². The third-order valence-corrected chi connectivity index (χ3v) is 7.85. The van der Waals surface area contributed by atoms with Gasteiger partial charge in [0, 0.05) is 21.7 Å². The first-order valence-electron chi connectivity index (χ1n) is 12.9. The maximum absolute atomic E-state index is 13.2. The number of carbonyl (C=O) groups is 3. The maximum atomic E-state index is 13.2. The lowest BCUT2D eigenvalue weighted by atomic mass is 10.0. The highest BCUT2D eigenvalue weighted by Crippen LogP contribution is 2.24. The molecule has 0 spiro atoms. The minimum absolute atomic E-state index is 0.0219. The monoisotopic (exact) mass is 574 g/mol. The van der Waals surface area contributed by atoms with Crippen LogP contribution in [0.2, 0.25) is 0 Å². The molecule has 0 aliphatic rings. The second-order valence-electron chi connectivity index (χ2n) is 9.07. The Bertz CT molecular complexity index is 1660. The second-order valence-corrected chi connectivity index (χ2v) is 10.9. The first kappa shape index (κ1) is 27.8. The predicted octanol–water partition coefficient (Wildman–Crippen LogP) is 7.80. The molecular weight excluding hydrogens is 549 g/mol. The number of thiophene rings is 1. The van der Waals surface area contributed by atoms with Crippen molar-refractivity contribution in [1.29, 1.82) is 0 Å². The van der Waals surface area contributed by atoms with Crippen LogP contribution in [0, 0.1) is 0 Å². The minimum atomic E-state index is -0.447.